The summed E-state index contributed by atoms with van der Waals surface area (Å²) in [6, 6.07) is 0. The molecule has 0 aliphatic heterocycles. The number of nitrogens with zero attached hydrogens (tertiary/aromatic N) is 2. The summed E-state index contributed by atoms with van der Waals surface area (Å²) in [5, 5.41) is 5.68. The van der Waals surface area contributed by atoms with E-state index in [1.807, 2.05) is 5.38 Å². The average molecular weight is 188 g/mol. The molecule has 0 aromatic carbocycles. The maximum atomic E-state index is 5.35. The van der Waals surface area contributed by atoms with Crippen molar-refractivity contribution >= 4 is 28.3 Å². The van der Waals surface area contributed by atoms with Gasteiger partial charge < -0.3 is 11.6 Å². The molecule has 1 rings (SSSR count). The molecule has 60 valence electrons. The smallest absolute Gasteiger partial charge is 0.177 e. The molecule has 0 bridgehead atoms. The van der Waals surface area contributed by atoms with E-state index >= 15 is 0 Å². The highest BCUT2D eigenvalue weighted by Crippen LogP contribution is 2.11. The van der Waals surface area contributed by atoms with Crippen molar-refractivity contribution in [3.63, 3.8) is 0 Å². The van der Waals surface area contributed by atoms with E-state index in [2.05, 4.69) is 10.1 Å². The molecule has 1 aromatic rings. The van der Waals surface area contributed by atoms with Crippen LogP contribution >= 0.6 is 23.1 Å². The van der Waals surface area contributed by atoms with Crippen molar-refractivity contribution in [1.82, 2.24) is 4.98 Å². The molecule has 1 heterocycles. The van der Waals surface area contributed by atoms with Gasteiger partial charge in [0.15, 0.2) is 5.17 Å². The first-order chi connectivity index (χ1) is 5.33. The maximum absolute atomic E-state index is 5.35. The Bertz CT molecular complexity index is 231. The minimum absolute atomic E-state index is 0.387. The van der Waals surface area contributed by atoms with Crippen LogP contribution in [0.2, 0.25) is 0 Å². The van der Waals surface area contributed by atoms with Crippen LogP contribution in [0.15, 0.2) is 16.0 Å². The Morgan fingerprint density at radius 1 is 1.82 bits per heavy atom. The standard InChI is InChI=1S/C5H8N4S2/c6-5(9-7)11-2-4-1-10-3-8-4/h1,3H,2,7H2,(H2,6,9). The minimum atomic E-state index is 0.387. The SMILES string of the molecule is NN=C(N)SCc1cscn1. The normalized spacial score (nSPS) is 11.8. The molecule has 0 fully saturated rings. The first-order valence-corrected chi connectivity index (χ1v) is 4.79. The summed E-state index contributed by atoms with van der Waals surface area (Å²) in [5.74, 6) is 5.67. The van der Waals surface area contributed by atoms with Gasteiger partial charge >= 0.3 is 0 Å². The van der Waals surface area contributed by atoms with Crippen LogP contribution in [0.5, 0.6) is 0 Å². The van der Waals surface area contributed by atoms with Crippen LogP contribution in [0.4, 0.5) is 0 Å². The van der Waals surface area contributed by atoms with Crippen LogP contribution in [-0.4, -0.2) is 10.2 Å². The predicted molar refractivity (Wildman–Crippen MR) is 49.2 cm³/mol. The molecule has 0 unspecified atom stereocenters. The van der Waals surface area contributed by atoms with Gasteiger partial charge in [0.25, 0.3) is 0 Å². The molecule has 0 spiro atoms. The van der Waals surface area contributed by atoms with Crippen molar-refractivity contribution in [1.29, 1.82) is 0 Å². The van der Waals surface area contributed by atoms with Crippen molar-refractivity contribution in [2.24, 2.45) is 16.7 Å². The van der Waals surface area contributed by atoms with Crippen LogP contribution in [0.3, 0.4) is 0 Å². The Labute approximate surface area is 72.7 Å². The van der Waals surface area contributed by atoms with Crippen LogP contribution in [-0.2, 0) is 5.75 Å². The Hall–Kier alpha value is -0.750. The number of rotatable bonds is 2. The number of nitrogens with two attached hydrogens (primary N) is 2. The van der Waals surface area contributed by atoms with Gasteiger partial charge in [0.05, 0.1) is 11.2 Å². The predicted octanol–water partition coefficient (Wildman–Crippen LogP) is 0.565. The number of hydrazone groups is 1. The molecule has 1 aromatic heterocycles. The molecule has 0 radical (unpaired) electrons. The lowest BCUT2D eigenvalue weighted by Gasteiger charge is -1.94. The third-order valence-electron chi connectivity index (χ3n) is 0.979. The van der Waals surface area contributed by atoms with Gasteiger partial charge in [0, 0.05) is 11.1 Å². The summed E-state index contributed by atoms with van der Waals surface area (Å²) in [6.07, 6.45) is 0. The second-order valence-electron chi connectivity index (χ2n) is 1.74. The highest BCUT2D eigenvalue weighted by Gasteiger charge is 1.96. The van der Waals surface area contributed by atoms with Crippen LogP contribution in [0, 0.1) is 0 Å². The number of thioether (sulfide) groups is 1. The summed E-state index contributed by atoms with van der Waals surface area (Å²) >= 11 is 2.94. The van der Waals surface area contributed by atoms with E-state index in [1.54, 1.807) is 16.8 Å². The lowest BCUT2D eigenvalue weighted by Crippen LogP contribution is -2.09. The molecule has 4 N–H and O–H groups in total. The Morgan fingerprint density at radius 2 is 2.64 bits per heavy atom. The first kappa shape index (κ1) is 8.35. The van der Waals surface area contributed by atoms with Gasteiger partial charge in [-0.05, 0) is 0 Å². The van der Waals surface area contributed by atoms with Crippen molar-refractivity contribution in [2.45, 2.75) is 5.75 Å². The average Bonchev–Trinajstić information content (AvgIpc) is 2.52. The van der Waals surface area contributed by atoms with Crippen molar-refractivity contribution in [3.8, 4) is 0 Å². The summed E-state index contributed by atoms with van der Waals surface area (Å²) in [7, 11) is 0. The number of hydrogen-bond donors (Lipinski definition) is 2. The molecule has 0 aliphatic carbocycles. The topological polar surface area (TPSA) is 77.3 Å². The molecule has 4 nitrogen and oxygen atoms in total. The molecule has 0 aliphatic rings. The zero-order chi connectivity index (χ0) is 8.10. The Kier molecular flexibility index (Phi) is 3.18. The molecule has 0 atom stereocenters. The summed E-state index contributed by atoms with van der Waals surface area (Å²) in [4.78, 5) is 4.07. The second kappa shape index (κ2) is 4.20. The van der Waals surface area contributed by atoms with E-state index in [0.717, 1.165) is 11.4 Å². The highest BCUT2D eigenvalue weighted by molar-refractivity contribution is 8.13. The zero-order valence-corrected chi connectivity index (χ0v) is 7.36. The molecule has 6 heteroatoms. The van der Waals surface area contributed by atoms with Gasteiger partial charge in [-0.25, -0.2) is 4.98 Å². The molecular formula is C5H8N4S2. The summed E-state index contributed by atoms with van der Waals surface area (Å²) in [6.45, 7) is 0. The van der Waals surface area contributed by atoms with E-state index < -0.39 is 0 Å². The largest absolute Gasteiger partial charge is 0.377 e. The van der Waals surface area contributed by atoms with Crippen LogP contribution < -0.4 is 11.6 Å². The molecule has 0 saturated heterocycles. The van der Waals surface area contributed by atoms with Gasteiger partial charge in [-0.15, -0.1) is 11.3 Å². The van der Waals surface area contributed by atoms with Gasteiger partial charge in [-0.2, -0.15) is 5.10 Å². The fraction of sp³-hybridized carbons (Fsp3) is 0.200. The lowest BCUT2D eigenvalue weighted by molar-refractivity contribution is 1.23. The van der Waals surface area contributed by atoms with Crippen molar-refractivity contribution in [3.05, 3.63) is 16.6 Å². The third kappa shape index (κ3) is 2.77. The van der Waals surface area contributed by atoms with Crippen LogP contribution in [0.1, 0.15) is 5.69 Å². The van der Waals surface area contributed by atoms with E-state index in [9.17, 15) is 0 Å². The van der Waals surface area contributed by atoms with E-state index in [4.69, 9.17) is 11.6 Å². The highest BCUT2D eigenvalue weighted by atomic mass is 32.2. The molecule has 11 heavy (non-hydrogen) atoms. The van der Waals surface area contributed by atoms with E-state index in [0.29, 0.717) is 5.17 Å². The van der Waals surface area contributed by atoms with Gasteiger partial charge in [-0.1, -0.05) is 11.8 Å². The fourth-order valence-corrected chi connectivity index (χ4v) is 1.69. The first-order valence-electron chi connectivity index (χ1n) is 2.86. The lowest BCUT2D eigenvalue weighted by atomic mass is 10.6. The molecule has 0 amide bonds. The van der Waals surface area contributed by atoms with E-state index in [-0.39, 0.29) is 0 Å². The Balaban J connectivity index is 2.35. The number of aromatic nitrogens is 1. The van der Waals surface area contributed by atoms with Crippen LogP contribution in [0.25, 0.3) is 0 Å². The zero-order valence-electron chi connectivity index (χ0n) is 5.73. The van der Waals surface area contributed by atoms with Crippen molar-refractivity contribution < 1.29 is 0 Å². The quantitative estimate of drug-likeness (QED) is 0.308. The minimum Gasteiger partial charge on any atom is -0.377 e. The van der Waals surface area contributed by atoms with Crippen molar-refractivity contribution in [2.75, 3.05) is 0 Å². The monoisotopic (exact) mass is 188 g/mol. The van der Waals surface area contributed by atoms with Gasteiger partial charge in [0.1, 0.15) is 0 Å². The summed E-state index contributed by atoms with van der Waals surface area (Å²) < 4.78 is 0. The maximum Gasteiger partial charge on any atom is 0.177 e. The van der Waals surface area contributed by atoms with Gasteiger partial charge in [-0.3, -0.25) is 0 Å². The molecular weight excluding hydrogens is 180 g/mol. The third-order valence-corrected chi connectivity index (χ3v) is 2.46. The second-order valence-corrected chi connectivity index (χ2v) is 3.45. The number of hydrogen-bond acceptors (Lipinski definition) is 5. The number of amidine groups is 1. The molecule has 0 saturated carbocycles. The number of thiazole rings is 1. The summed E-state index contributed by atoms with van der Waals surface area (Å²) in [5.41, 5.74) is 8.14. The van der Waals surface area contributed by atoms with E-state index in [1.165, 1.54) is 11.8 Å². The van der Waals surface area contributed by atoms with Gasteiger partial charge in [0.2, 0.25) is 0 Å². The Morgan fingerprint density at radius 3 is 3.18 bits per heavy atom. The fourth-order valence-electron chi connectivity index (χ4n) is 0.494.